The van der Waals surface area contributed by atoms with E-state index in [-0.39, 0.29) is 5.97 Å². The monoisotopic (exact) mass is 286 g/mol. The van der Waals surface area contributed by atoms with Gasteiger partial charge in [0.2, 0.25) is 0 Å². The molecule has 2 heterocycles. The normalized spacial score (nSPS) is 17.2. The third kappa shape index (κ3) is 2.95. The molecule has 4 nitrogen and oxygen atoms in total. The number of carbonyl (C=O) groups excluding carboxylic acids is 1. The molecule has 3 rings (SSSR count). The van der Waals surface area contributed by atoms with Crippen LogP contribution in [0.5, 0.6) is 0 Å². The van der Waals surface area contributed by atoms with Gasteiger partial charge in [-0.2, -0.15) is 0 Å². The minimum Gasteiger partial charge on any atom is -0.462 e. The largest absolute Gasteiger partial charge is 0.462 e. The first kappa shape index (κ1) is 14.1. The Kier molecular flexibility index (Phi) is 3.97. The van der Waals surface area contributed by atoms with E-state index in [0.717, 1.165) is 36.8 Å². The molecule has 0 aliphatic carbocycles. The Morgan fingerprint density at radius 2 is 1.95 bits per heavy atom. The lowest BCUT2D eigenvalue weighted by molar-refractivity contribution is 0.0386. The smallest absolute Gasteiger partial charge is 0.340 e. The summed E-state index contributed by atoms with van der Waals surface area (Å²) in [7, 11) is 4.09. The van der Waals surface area contributed by atoms with E-state index in [1.54, 1.807) is 0 Å². The number of esters is 1. The van der Waals surface area contributed by atoms with Gasteiger partial charge >= 0.3 is 5.97 Å². The fraction of sp³-hybridized carbons (Fsp3) is 0.471. The molecule has 0 unspecified atom stereocenters. The Hall–Kier alpha value is -1.81. The van der Waals surface area contributed by atoms with Crippen LogP contribution in [0.1, 0.15) is 23.2 Å². The van der Waals surface area contributed by atoms with Crippen LogP contribution in [-0.4, -0.2) is 42.2 Å². The number of para-hydroxylation sites is 1. The van der Waals surface area contributed by atoms with Crippen molar-refractivity contribution in [3.63, 3.8) is 0 Å². The highest BCUT2D eigenvalue weighted by Gasteiger charge is 2.20. The van der Waals surface area contributed by atoms with Crippen LogP contribution >= 0.6 is 0 Å². The SMILES string of the molecule is CN1CCC(COC(=O)c2cn(C)c3ccccc23)CC1. The molecule has 21 heavy (non-hydrogen) atoms. The number of carbonyl (C=O) groups is 1. The van der Waals surface area contributed by atoms with E-state index in [1.807, 2.05) is 42.1 Å². The Bertz CT molecular complexity index is 639. The lowest BCUT2D eigenvalue weighted by atomic mass is 9.98. The van der Waals surface area contributed by atoms with E-state index < -0.39 is 0 Å². The fourth-order valence-corrected chi connectivity index (χ4v) is 3.00. The van der Waals surface area contributed by atoms with Gasteiger partial charge in [0.15, 0.2) is 0 Å². The number of hydrogen-bond donors (Lipinski definition) is 0. The van der Waals surface area contributed by atoms with E-state index in [4.69, 9.17) is 4.74 Å². The molecule has 1 saturated heterocycles. The van der Waals surface area contributed by atoms with Crippen molar-refractivity contribution in [1.82, 2.24) is 9.47 Å². The standard InChI is InChI=1S/C17H22N2O2/c1-18-9-7-13(8-10-18)12-21-17(20)15-11-19(2)16-6-4-3-5-14(15)16/h3-6,11,13H,7-10,12H2,1-2H3. The van der Waals surface area contributed by atoms with Crippen LogP contribution in [0.15, 0.2) is 30.5 Å². The minimum absolute atomic E-state index is 0.203. The number of ether oxygens (including phenoxy) is 1. The Labute approximate surface area is 125 Å². The molecule has 4 heteroatoms. The topological polar surface area (TPSA) is 34.5 Å². The minimum atomic E-state index is -0.203. The maximum Gasteiger partial charge on any atom is 0.340 e. The number of benzene rings is 1. The number of fused-ring (bicyclic) bond motifs is 1. The van der Waals surface area contributed by atoms with Crippen LogP contribution in [0.2, 0.25) is 0 Å². The van der Waals surface area contributed by atoms with Crippen LogP contribution in [0.25, 0.3) is 10.9 Å². The van der Waals surface area contributed by atoms with Gasteiger partial charge in [0.05, 0.1) is 12.2 Å². The first-order chi connectivity index (χ1) is 10.1. The first-order valence-corrected chi connectivity index (χ1v) is 7.55. The number of likely N-dealkylation sites (tertiary alicyclic amines) is 1. The van der Waals surface area contributed by atoms with E-state index in [1.165, 1.54) is 0 Å². The van der Waals surface area contributed by atoms with Gasteiger partial charge in [-0.1, -0.05) is 18.2 Å². The van der Waals surface area contributed by atoms with Crippen LogP contribution in [0.3, 0.4) is 0 Å². The predicted molar refractivity (Wildman–Crippen MR) is 83.4 cm³/mol. The number of hydrogen-bond acceptors (Lipinski definition) is 3. The maximum atomic E-state index is 12.3. The molecular weight excluding hydrogens is 264 g/mol. The van der Waals surface area contributed by atoms with E-state index in [9.17, 15) is 4.79 Å². The van der Waals surface area contributed by atoms with Gasteiger partial charge in [0, 0.05) is 24.1 Å². The van der Waals surface area contributed by atoms with Gasteiger partial charge < -0.3 is 14.2 Å². The third-order valence-corrected chi connectivity index (χ3v) is 4.41. The van der Waals surface area contributed by atoms with Crippen molar-refractivity contribution < 1.29 is 9.53 Å². The molecular formula is C17H22N2O2. The molecule has 0 N–H and O–H groups in total. The van der Waals surface area contributed by atoms with Crippen molar-refractivity contribution in [1.29, 1.82) is 0 Å². The second-order valence-corrected chi connectivity index (χ2v) is 6.02. The Balaban J connectivity index is 1.67. The zero-order chi connectivity index (χ0) is 14.8. The van der Waals surface area contributed by atoms with Gasteiger partial charge in [0.1, 0.15) is 0 Å². The highest BCUT2D eigenvalue weighted by molar-refractivity contribution is 6.04. The number of piperidine rings is 1. The van der Waals surface area contributed by atoms with Gasteiger partial charge in [-0.3, -0.25) is 0 Å². The van der Waals surface area contributed by atoms with Crippen LogP contribution in [0, 0.1) is 5.92 Å². The first-order valence-electron chi connectivity index (χ1n) is 7.55. The van der Waals surface area contributed by atoms with E-state index in [2.05, 4.69) is 11.9 Å². The summed E-state index contributed by atoms with van der Waals surface area (Å²) >= 11 is 0. The zero-order valence-electron chi connectivity index (χ0n) is 12.7. The lowest BCUT2D eigenvalue weighted by Crippen LogP contribution is -2.32. The molecule has 112 valence electrons. The summed E-state index contributed by atoms with van der Waals surface area (Å²) in [5.41, 5.74) is 1.73. The van der Waals surface area contributed by atoms with Gasteiger partial charge in [-0.25, -0.2) is 4.79 Å². The average Bonchev–Trinajstić information content (AvgIpc) is 2.84. The number of aromatic nitrogens is 1. The summed E-state index contributed by atoms with van der Waals surface area (Å²) in [5, 5.41) is 0.966. The number of aryl methyl sites for hydroxylation is 1. The van der Waals surface area contributed by atoms with E-state index >= 15 is 0 Å². The van der Waals surface area contributed by atoms with Crippen molar-refractivity contribution >= 4 is 16.9 Å². The molecule has 1 fully saturated rings. The van der Waals surface area contributed by atoms with Crippen LogP contribution in [-0.2, 0) is 11.8 Å². The van der Waals surface area contributed by atoms with Gasteiger partial charge in [0.25, 0.3) is 0 Å². The molecule has 1 aromatic carbocycles. The van der Waals surface area contributed by atoms with Crippen LogP contribution in [0.4, 0.5) is 0 Å². The molecule has 2 aromatic rings. The van der Waals surface area contributed by atoms with Crippen molar-refractivity contribution in [2.45, 2.75) is 12.8 Å². The summed E-state index contributed by atoms with van der Waals surface area (Å²) in [4.78, 5) is 14.7. The average molecular weight is 286 g/mol. The molecule has 0 atom stereocenters. The van der Waals surface area contributed by atoms with Crippen molar-refractivity contribution in [3.05, 3.63) is 36.0 Å². The van der Waals surface area contributed by atoms with Crippen LogP contribution < -0.4 is 0 Å². The molecule has 0 spiro atoms. The summed E-state index contributed by atoms with van der Waals surface area (Å²) in [5.74, 6) is 0.297. The van der Waals surface area contributed by atoms with Crippen molar-refractivity contribution in [2.75, 3.05) is 26.7 Å². The summed E-state index contributed by atoms with van der Waals surface area (Å²) in [6.07, 6.45) is 4.08. The lowest BCUT2D eigenvalue weighted by Gasteiger charge is -2.28. The molecule has 0 amide bonds. The second-order valence-electron chi connectivity index (χ2n) is 6.02. The Morgan fingerprint density at radius 3 is 2.71 bits per heavy atom. The number of rotatable bonds is 3. The zero-order valence-corrected chi connectivity index (χ0v) is 12.7. The summed E-state index contributed by atoms with van der Waals surface area (Å²) in [6, 6.07) is 7.93. The van der Waals surface area contributed by atoms with Gasteiger partial charge in [-0.15, -0.1) is 0 Å². The molecule has 1 aromatic heterocycles. The third-order valence-electron chi connectivity index (χ3n) is 4.41. The quantitative estimate of drug-likeness (QED) is 0.814. The van der Waals surface area contributed by atoms with Gasteiger partial charge in [-0.05, 0) is 45.0 Å². The highest BCUT2D eigenvalue weighted by Crippen LogP contribution is 2.22. The second kappa shape index (κ2) is 5.90. The molecule has 1 aliphatic heterocycles. The molecule has 0 bridgehead atoms. The highest BCUT2D eigenvalue weighted by atomic mass is 16.5. The van der Waals surface area contributed by atoms with E-state index in [0.29, 0.717) is 18.1 Å². The Morgan fingerprint density at radius 1 is 1.24 bits per heavy atom. The van der Waals surface area contributed by atoms with Crippen molar-refractivity contribution in [2.24, 2.45) is 13.0 Å². The summed E-state index contributed by atoms with van der Waals surface area (Å²) < 4.78 is 7.53. The fourth-order valence-electron chi connectivity index (χ4n) is 3.00. The molecule has 1 aliphatic rings. The maximum absolute atomic E-state index is 12.3. The molecule has 0 radical (unpaired) electrons. The summed E-state index contributed by atoms with van der Waals surface area (Å²) in [6.45, 7) is 2.73. The van der Waals surface area contributed by atoms with Crippen molar-refractivity contribution in [3.8, 4) is 0 Å². The molecule has 0 saturated carbocycles. The number of nitrogens with zero attached hydrogens (tertiary/aromatic N) is 2. The predicted octanol–water partition coefficient (Wildman–Crippen LogP) is 2.68.